The summed E-state index contributed by atoms with van der Waals surface area (Å²) in [7, 11) is -0.393. The van der Waals surface area contributed by atoms with Gasteiger partial charge in [-0.25, -0.2) is 8.42 Å². The lowest BCUT2D eigenvalue weighted by atomic mass is 10.2. The number of benzene rings is 2. The monoisotopic (exact) mass is 488 g/mol. The van der Waals surface area contributed by atoms with E-state index in [1.54, 1.807) is 12.1 Å². The minimum Gasteiger partial charge on any atom is -0.496 e. The number of rotatable bonds is 6. The smallest absolute Gasteiger partial charge is 0.263 e. The lowest BCUT2D eigenvalue weighted by Crippen LogP contribution is -2.21. The van der Waals surface area contributed by atoms with Gasteiger partial charge in [0.15, 0.2) is 0 Å². The van der Waals surface area contributed by atoms with Gasteiger partial charge in [-0.1, -0.05) is 17.7 Å². The Morgan fingerprint density at radius 2 is 2.00 bits per heavy atom. The third kappa shape index (κ3) is 4.74. The summed E-state index contributed by atoms with van der Waals surface area (Å²) < 4.78 is 40.2. The Balaban J connectivity index is 1.86. The van der Waals surface area contributed by atoms with Crippen molar-refractivity contribution in [2.45, 2.75) is 24.3 Å². The Kier molecular flexibility index (Phi) is 6.44. The summed E-state index contributed by atoms with van der Waals surface area (Å²) in [6.45, 7) is 3.77. The van der Waals surface area contributed by atoms with Crippen molar-refractivity contribution in [1.29, 1.82) is 0 Å². The Labute approximate surface area is 179 Å². The number of likely N-dealkylation sites (N-methyl/N-ethyl adjacent to an activating group) is 1. The van der Waals surface area contributed by atoms with Gasteiger partial charge in [0.05, 0.1) is 22.3 Å². The minimum absolute atomic E-state index is 0.0605. The molecule has 0 bridgehead atoms. The zero-order valence-electron chi connectivity index (χ0n) is 15.8. The molecule has 1 aliphatic rings. The topological polar surface area (TPSA) is 67.9 Å². The molecule has 1 saturated heterocycles. The van der Waals surface area contributed by atoms with Crippen LogP contribution in [0.3, 0.4) is 0 Å². The van der Waals surface area contributed by atoms with Crippen LogP contribution in [0.1, 0.15) is 12.0 Å². The number of aryl methyl sites for hydroxylation is 1. The van der Waals surface area contributed by atoms with Crippen LogP contribution in [0.4, 0.5) is 5.69 Å². The minimum atomic E-state index is -3.91. The lowest BCUT2D eigenvalue weighted by Gasteiger charge is -2.17. The fourth-order valence-corrected chi connectivity index (χ4v) is 5.27. The highest BCUT2D eigenvalue weighted by molar-refractivity contribution is 9.10. The van der Waals surface area contributed by atoms with Crippen LogP contribution in [0.5, 0.6) is 11.5 Å². The van der Waals surface area contributed by atoms with Gasteiger partial charge in [-0.3, -0.25) is 4.72 Å². The lowest BCUT2D eigenvalue weighted by molar-refractivity contribution is 0.207. The molecular formula is C19H22BrClN2O4S. The molecule has 0 amide bonds. The molecule has 0 saturated carbocycles. The molecule has 1 atom stereocenters. The summed E-state index contributed by atoms with van der Waals surface area (Å²) in [5.74, 6) is 1.04. The fraction of sp³-hybridized carbons (Fsp3) is 0.368. The summed E-state index contributed by atoms with van der Waals surface area (Å²) >= 11 is 9.45. The molecular weight excluding hydrogens is 468 g/mol. The van der Waals surface area contributed by atoms with E-state index in [1.165, 1.54) is 19.2 Å². The SMILES string of the molecule is COc1cc(S(=O)(=O)Nc2ccc(C)c(OC3CCN(C)C3)c2)c(Cl)cc1Br. The third-order valence-electron chi connectivity index (χ3n) is 4.58. The van der Waals surface area contributed by atoms with E-state index >= 15 is 0 Å². The van der Waals surface area contributed by atoms with Gasteiger partial charge >= 0.3 is 0 Å². The van der Waals surface area contributed by atoms with E-state index in [1.807, 2.05) is 13.0 Å². The highest BCUT2D eigenvalue weighted by atomic mass is 79.9. The van der Waals surface area contributed by atoms with Crippen molar-refractivity contribution >= 4 is 43.2 Å². The number of nitrogens with zero attached hydrogens (tertiary/aromatic N) is 1. The number of likely N-dealkylation sites (tertiary alicyclic amines) is 1. The molecule has 0 radical (unpaired) electrons. The number of sulfonamides is 1. The first-order chi connectivity index (χ1) is 13.2. The van der Waals surface area contributed by atoms with Gasteiger partial charge in [0.2, 0.25) is 0 Å². The quantitative estimate of drug-likeness (QED) is 0.655. The first kappa shape index (κ1) is 21.2. The summed E-state index contributed by atoms with van der Waals surface area (Å²) in [6, 6.07) is 8.11. The predicted molar refractivity (Wildman–Crippen MR) is 114 cm³/mol. The van der Waals surface area contributed by atoms with E-state index in [4.69, 9.17) is 21.1 Å². The maximum atomic E-state index is 12.9. The van der Waals surface area contributed by atoms with Gasteiger partial charge in [-0.05, 0) is 54.0 Å². The van der Waals surface area contributed by atoms with Crippen molar-refractivity contribution in [2.24, 2.45) is 0 Å². The maximum Gasteiger partial charge on any atom is 0.263 e. The van der Waals surface area contributed by atoms with Crippen LogP contribution < -0.4 is 14.2 Å². The van der Waals surface area contributed by atoms with Crippen LogP contribution in [0.25, 0.3) is 0 Å². The van der Waals surface area contributed by atoms with E-state index in [0.29, 0.717) is 21.7 Å². The second kappa shape index (κ2) is 8.49. The van der Waals surface area contributed by atoms with Crippen LogP contribution in [0, 0.1) is 6.92 Å². The first-order valence-corrected chi connectivity index (χ1v) is 11.4. The molecule has 3 rings (SSSR count). The molecule has 2 aromatic carbocycles. The molecule has 2 aromatic rings. The summed E-state index contributed by atoms with van der Waals surface area (Å²) in [5, 5.41) is 0.0951. The van der Waals surface area contributed by atoms with Gasteiger partial charge in [0, 0.05) is 25.2 Å². The van der Waals surface area contributed by atoms with Crippen molar-refractivity contribution in [1.82, 2.24) is 4.90 Å². The van der Waals surface area contributed by atoms with E-state index in [2.05, 4.69) is 32.6 Å². The number of methoxy groups -OCH3 is 1. The Bertz CT molecular complexity index is 984. The summed E-state index contributed by atoms with van der Waals surface area (Å²) in [6.07, 6.45) is 1.04. The molecule has 152 valence electrons. The predicted octanol–water partition coefficient (Wildman–Crippen LogP) is 4.30. The molecule has 1 unspecified atom stereocenters. The first-order valence-electron chi connectivity index (χ1n) is 8.71. The molecule has 1 heterocycles. The molecule has 1 aliphatic heterocycles. The summed E-state index contributed by atoms with van der Waals surface area (Å²) in [4.78, 5) is 2.14. The summed E-state index contributed by atoms with van der Waals surface area (Å²) in [5.41, 5.74) is 1.35. The second-order valence-electron chi connectivity index (χ2n) is 6.79. The van der Waals surface area contributed by atoms with E-state index in [-0.39, 0.29) is 16.0 Å². The van der Waals surface area contributed by atoms with Crippen LogP contribution in [-0.4, -0.2) is 46.7 Å². The van der Waals surface area contributed by atoms with Crippen molar-refractivity contribution in [2.75, 3.05) is 32.0 Å². The molecule has 1 fully saturated rings. The normalized spacial score (nSPS) is 17.5. The Hall–Kier alpha value is -1.48. The van der Waals surface area contributed by atoms with Crippen molar-refractivity contribution in [3.8, 4) is 11.5 Å². The maximum absolute atomic E-state index is 12.9. The number of hydrogen-bond donors (Lipinski definition) is 1. The number of halogens is 2. The average Bonchev–Trinajstić information content (AvgIpc) is 3.02. The zero-order chi connectivity index (χ0) is 20.5. The van der Waals surface area contributed by atoms with Crippen LogP contribution in [-0.2, 0) is 10.0 Å². The number of hydrogen-bond acceptors (Lipinski definition) is 5. The van der Waals surface area contributed by atoms with E-state index < -0.39 is 10.0 Å². The van der Waals surface area contributed by atoms with Crippen LogP contribution in [0.15, 0.2) is 39.7 Å². The number of anilines is 1. The van der Waals surface area contributed by atoms with Gasteiger partial charge < -0.3 is 14.4 Å². The van der Waals surface area contributed by atoms with E-state index in [0.717, 1.165) is 25.1 Å². The molecule has 0 aromatic heterocycles. The average molecular weight is 490 g/mol. The zero-order valence-corrected chi connectivity index (χ0v) is 19.0. The van der Waals surface area contributed by atoms with Crippen LogP contribution in [0.2, 0.25) is 5.02 Å². The molecule has 1 N–H and O–H groups in total. The van der Waals surface area contributed by atoms with Gasteiger partial charge in [0.25, 0.3) is 10.0 Å². The highest BCUT2D eigenvalue weighted by Crippen LogP contribution is 2.35. The molecule has 28 heavy (non-hydrogen) atoms. The van der Waals surface area contributed by atoms with Crippen molar-refractivity contribution < 1.29 is 17.9 Å². The van der Waals surface area contributed by atoms with Gasteiger partial charge in [-0.15, -0.1) is 0 Å². The Morgan fingerprint density at radius 1 is 1.25 bits per heavy atom. The number of nitrogens with one attached hydrogen (secondary N) is 1. The fourth-order valence-electron chi connectivity index (χ4n) is 3.04. The Morgan fingerprint density at radius 3 is 2.64 bits per heavy atom. The standard InChI is InChI=1S/C19H22BrClN2O4S/c1-12-4-5-13(8-17(12)27-14-6-7-23(2)11-14)22-28(24,25)19-10-18(26-3)15(20)9-16(19)21/h4-5,8-10,14,22H,6-7,11H2,1-3H3. The van der Waals surface area contributed by atoms with Crippen molar-refractivity contribution in [3.63, 3.8) is 0 Å². The number of ether oxygens (including phenoxy) is 2. The second-order valence-corrected chi connectivity index (χ2v) is 9.71. The highest BCUT2D eigenvalue weighted by Gasteiger charge is 2.23. The largest absolute Gasteiger partial charge is 0.496 e. The molecule has 9 heteroatoms. The van der Waals surface area contributed by atoms with Gasteiger partial charge in [0.1, 0.15) is 22.5 Å². The molecule has 6 nitrogen and oxygen atoms in total. The van der Waals surface area contributed by atoms with Gasteiger partial charge in [-0.2, -0.15) is 0 Å². The molecule has 0 aliphatic carbocycles. The van der Waals surface area contributed by atoms with Crippen LogP contribution >= 0.6 is 27.5 Å². The molecule has 0 spiro atoms. The third-order valence-corrected chi connectivity index (χ3v) is 7.04. The van der Waals surface area contributed by atoms with E-state index in [9.17, 15) is 8.42 Å². The van der Waals surface area contributed by atoms with Crippen molar-refractivity contribution in [3.05, 3.63) is 45.4 Å².